The first kappa shape index (κ1) is 13.5. The lowest BCUT2D eigenvalue weighted by Gasteiger charge is -2.01. The molecule has 0 aliphatic rings. The van der Waals surface area contributed by atoms with E-state index in [4.69, 9.17) is 0 Å². The van der Waals surface area contributed by atoms with Gasteiger partial charge in [0.2, 0.25) is 0 Å². The first-order valence-corrected chi connectivity index (χ1v) is 8.29. The number of hydrogen-bond acceptors (Lipinski definition) is 4. The predicted molar refractivity (Wildman–Crippen MR) is 86.1 cm³/mol. The molecule has 0 fully saturated rings. The van der Waals surface area contributed by atoms with Crippen molar-refractivity contribution in [2.24, 2.45) is 7.05 Å². The monoisotopic (exact) mass is 303 g/mol. The normalized spacial score (nSPS) is 11.1. The molecular weight excluding hydrogens is 286 g/mol. The minimum atomic E-state index is 0.867. The third-order valence-electron chi connectivity index (χ3n) is 3.19. The van der Waals surface area contributed by atoms with E-state index in [1.165, 1.54) is 20.9 Å². The SMILES string of the molecule is Cc1nn(C)cc1CNCc1cc(-c2cccs2)cs1. The zero-order valence-electron chi connectivity index (χ0n) is 11.6. The van der Waals surface area contributed by atoms with Crippen LogP contribution in [0.5, 0.6) is 0 Å². The number of rotatable bonds is 5. The van der Waals surface area contributed by atoms with Crippen molar-refractivity contribution in [2.45, 2.75) is 20.0 Å². The summed E-state index contributed by atoms with van der Waals surface area (Å²) in [4.78, 5) is 2.71. The van der Waals surface area contributed by atoms with E-state index in [9.17, 15) is 0 Å². The molecule has 0 aromatic carbocycles. The van der Waals surface area contributed by atoms with Gasteiger partial charge in [0.1, 0.15) is 0 Å². The molecule has 0 aliphatic heterocycles. The molecule has 0 saturated carbocycles. The average Bonchev–Trinajstić information content (AvgIpc) is 3.12. The Morgan fingerprint density at radius 3 is 2.90 bits per heavy atom. The summed E-state index contributed by atoms with van der Waals surface area (Å²) in [5.74, 6) is 0. The van der Waals surface area contributed by atoms with E-state index < -0.39 is 0 Å². The largest absolute Gasteiger partial charge is 0.308 e. The van der Waals surface area contributed by atoms with Crippen LogP contribution in [0.15, 0.2) is 35.2 Å². The zero-order chi connectivity index (χ0) is 13.9. The average molecular weight is 303 g/mol. The van der Waals surface area contributed by atoms with Gasteiger partial charge in [0.25, 0.3) is 0 Å². The molecule has 1 N–H and O–H groups in total. The highest BCUT2D eigenvalue weighted by Crippen LogP contribution is 2.29. The second-order valence-corrected chi connectivity index (χ2v) is 6.74. The lowest BCUT2D eigenvalue weighted by molar-refractivity contribution is 0.697. The highest BCUT2D eigenvalue weighted by atomic mass is 32.1. The van der Waals surface area contributed by atoms with Gasteiger partial charge in [-0.05, 0) is 29.8 Å². The lowest BCUT2D eigenvalue weighted by Crippen LogP contribution is -2.11. The number of hydrogen-bond donors (Lipinski definition) is 1. The summed E-state index contributed by atoms with van der Waals surface area (Å²) in [6.45, 7) is 3.83. The Bertz CT molecular complexity index is 680. The van der Waals surface area contributed by atoms with Crippen LogP contribution in [0, 0.1) is 6.92 Å². The van der Waals surface area contributed by atoms with Gasteiger partial charge in [0.05, 0.1) is 5.69 Å². The van der Waals surface area contributed by atoms with Crippen LogP contribution in [-0.4, -0.2) is 9.78 Å². The number of thiophene rings is 2. The van der Waals surface area contributed by atoms with E-state index in [0.717, 1.165) is 18.8 Å². The number of aromatic nitrogens is 2. The molecule has 0 unspecified atom stereocenters. The van der Waals surface area contributed by atoms with Gasteiger partial charge in [-0.2, -0.15) is 5.10 Å². The molecule has 0 spiro atoms. The summed E-state index contributed by atoms with van der Waals surface area (Å²) in [6, 6.07) is 6.54. The molecule has 0 saturated heterocycles. The Hall–Kier alpha value is -1.43. The molecule has 104 valence electrons. The van der Waals surface area contributed by atoms with Gasteiger partial charge in [0.15, 0.2) is 0 Å². The van der Waals surface area contributed by atoms with Crippen molar-refractivity contribution in [1.29, 1.82) is 0 Å². The quantitative estimate of drug-likeness (QED) is 0.777. The Morgan fingerprint density at radius 2 is 2.20 bits per heavy atom. The summed E-state index contributed by atoms with van der Waals surface area (Å²) < 4.78 is 1.87. The molecule has 0 bridgehead atoms. The first-order chi connectivity index (χ1) is 9.72. The van der Waals surface area contributed by atoms with Crippen LogP contribution in [-0.2, 0) is 20.1 Å². The van der Waals surface area contributed by atoms with Crippen molar-refractivity contribution in [3.63, 3.8) is 0 Å². The van der Waals surface area contributed by atoms with Crippen LogP contribution >= 0.6 is 22.7 Å². The molecule has 0 atom stereocenters. The summed E-state index contributed by atoms with van der Waals surface area (Å²) >= 11 is 3.61. The van der Waals surface area contributed by atoms with Crippen LogP contribution in [0.2, 0.25) is 0 Å². The van der Waals surface area contributed by atoms with Gasteiger partial charge in [0, 0.05) is 47.2 Å². The van der Waals surface area contributed by atoms with E-state index in [1.54, 1.807) is 11.3 Å². The lowest BCUT2D eigenvalue weighted by atomic mass is 10.2. The van der Waals surface area contributed by atoms with Gasteiger partial charge < -0.3 is 5.32 Å². The Morgan fingerprint density at radius 1 is 1.30 bits per heavy atom. The molecule has 5 heteroatoms. The van der Waals surface area contributed by atoms with Gasteiger partial charge >= 0.3 is 0 Å². The Kier molecular flexibility index (Phi) is 4.00. The van der Waals surface area contributed by atoms with Crippen LogP contribution < -0.4 is 5.32 Å². The fraction of sp³-hybridized carbons (Fsp3) is 0.267. The standard InChI is InChI=1S/C15H17N3S2/c1-11-13(9-18(2)17-11)7-16-8-14-6-12(10-20-14)15-4-3-5-19-15/h3-6,9-10,16H,7-8H2,1-2H3. The summed E-state index contributed by atoms with van der Waals surface area (Å²) in [5, 5.41) is 12.2. The second-order valence-electron chi connectivity index (χ2n) is 4.80. The van der Waals surface area contributed by atoms with Gasteiger partial charge in [-0.15, -0.1) is 22.7 Å². The maximum Gasteiger partial charge on any atom is 0.0638 e. The minimum Gasteiger partial charge on any atom is -0.308 e. The fourth-order valence-electron chi connectivity index (χ4n) is 2.19. The molecular formula is C15H17N3S2. The molecule has 3 rings (SSSR count). The molecule has 0 amide bonds. The maximum atomic E-state index is 4.36. The van der Waals surface area contributed by atoms with E-state index in [0.29, 0.717) is 0 Å². The van der Waals surface area contributed by atoms with Crippen LogP contribution in [0.1, 0.15) is 16.1 Å². The van der Waals surface area contributed by atoms with E-state index in [1.807, 2.05) is 23.1 Å². The van der Waals surface area contributed by atoms with Gasteiger partial charge in [-0.1, -0.05) is 6.07 Å². The summed E-state index contributed by atoms with van der Waals surface area (Å²) in [6.07, 6.45) is 2.08. The molecule has 3 aromatic heterocycles. The van der Waals surface area contributed by atoms with Gasteiger partial charge in [-0.25, -0.2) is 0 Å². The van der Waals surface area contributed by atoms with Crippen LogP contribution in [0.3, 0.4) is 0 Å². The van der Waals surface area contributed by atoms with Crippen molar-refractivity contribution >= 4 is 22.7 Å². The third kappa shape index (κ3) is 3.00. The number of nitrogens with one attached hydrogen (secondary N) is 1. The first-order valence-electron chi connectivity index (χ1n) is 6.53. The Balaban J connectivity index is 1.58. The predicted octanol–water partition coefficient (Wildman–Crippen LogP) is 3.81. The second kappa shape index (κ2) is 5.91. The van der Waals surface area contributed by atoms with E-state index in [-0.39, 0.29) is 0 Å². The topological polar surface area (TPSA) is 29.9 Å². The molecule has 20 heavy (non-hydrogen) atoms. The maximum absolute atomic E-state index is 4.36. The van der Waals surface area contributed by atoms with E-state index in [2.05, 4.69) is 52.5 Å². The summed E-state index contributed by atoms with van der Waals surface area (Å²) in [5.41, 5.74) is 3.70. The third-order valence-corrected chi connectivity index (χ3v) is 5.04. The van der Waals surface area contributed by atoms with Crippen molar-refractivity contribution in [2.75, 3.05) is 0 Å². The van der Waals surface area contributed by atoms with Crippen LogP contribution in [0.4, 0.5) is 0 Å². The van der Waals surface area contributed by atoms with E-state index >= 15 is 0 Å². The highest BCUT2D eigenvalue weighted by molar-refractivity contribution is 7.14. The minimum absolute atomic E-state index is 0.867. The van der Waals surface area contributed by atoms with Crippen LogP contribution in [0.25, 0.3) is 10.4 Å². The molecule has 3 aromatic rings. The van der Waals surface area contributed by atoms with Gasteiger partial charge in [-0.3, -0.25) is 4.68 Å². The molecule has 0 radical (unpaired) electrons. The fourth-order valence-corrected chi connectivity index (χ4v) is 3.83. The molecule has 3 nitrogen and oxygen atoms in total. The van der Waals surface area contributed by atoms with Crippen molar-refractivity contribution in [3.8, 4) is 10.4 Å². The Labute approximate surface area is 126 Å². The molecule has 0 aliphatic carbocycles. The van der Waals surface area contributed by atoms with Crippen molar-refractivity contribution < 1.29 is 0 Å². The summed E-state index contributed by atoms with van der Waals surface area (Å²) in [7, 11) is 1.96. The van der Waals surface area contributed by atoms with Crippen molar-refractivity contribution in [3.05, 3.63) is 51.3 Å². The number of nitrogens with zero attached hydrogens (tertiary/aromatic N) is 2. The number of aryl methyl sites for hydroxylation is 2. The molecule has 3 heterocycles. The van der Waals surface area contributed by atoms with Crippen molar-refractivity contribution in [1.82, 2.24) is 15.1 Å². The highest BCUT2D eigenvalue weighted by Gasteiger charge is 2.05. The smallest absolute Gasteiger partial charge is 0.0638 e. The zero-order valence-corrected chi connectivity index (χ0v) is 13.2.